The van der Waals surface area contributed by atoms with E-state index in [4.69, 9.17) is 11.5 Å². The smallest absolute Gasteiger partial charge is 0.229 e. The van der Waals surface area contributed by atoms with Crippen LogP contribution in [-0.4, -0.2) is 21.6 Å². The van der Waals surface area contributed by atoms with Crippen LogP contribution in [0, 0.1) is 12.3 Å². The van der Waals surface area contributed by atoms with Crippen LogP contribution in [0.1, 0.15) is 5.56 Å². The van der Waals surface area contributed by atoms with E-state index in [1.807, 2.05) is 24.3 Å². The molecule has 5 nitrogen and oxygen atoms in total. The molecule has 0 fully saturated rings. The topological polar surface area (TPSA) is 70.1 Å². The van der Waals surface area contributed by atoms with Gasteiger partial charge in [0, 0.05) is 11.9 Å². The van der Waals surface area contributed by atoms with Crippen molar-refractivity contribution in [1.82, 2.24) is 9.97 Å². The summed E-state index contributed by atoms with van der Waals surface area (Å²) in [5.74, 6) is 3.58. The fourth-order valence-electron chi connectivity index (χ4n) is 1.51. The Morgan fingerprint density at radius 2 is 2.05 bits per heavy atom. The highest BCUT2D eigenvalue weighted by atomic mass is 79.9. The molecule has 1 heterocycles. The van der Waals surface area contributed by atoms with Gasteiger partial charge in [0.25, 0.3) is 0 Å². The van der Waals surface area contributed by atoms with E-state index in [-0.39, 0.29) is 6.61 Å². The van der Waals surface area contributed by atoms with E-state index in [2.05, 4.69) is 42.5 Å². The van der Waals surface area contributed by atoms with E-state index in [9.17, 15) is 0 Å². The Balaban J connectivity index is 2.14. The Labute approximate surface area is 125 Å². The van der Waals surface area contributed by atoms with Crippen molar-refractivity contribution in [2.24, 2.45) is 0 Å². The number of hydrogen-bond acceptors (Lipinski definition) is 5. The molecule has 0 bridgehead atoms. The van der Waals surface area contributed by atoms with Crippen LogP contribution in [0.25, 0.3) is 0 Å². The lowest BCUT2D eigenvalue weighted by Crippen LogP contribution is -2.05. The van der Waals surface area contributed by atoms with E-state index >= 15 is 0 Å². The SMILES string of the molecule is C#CCNc1nc(Nc2ccc(CO)cc2)ncc1Br. The van der Waals surface area contributed by atoms with Crippen molar-refractivity contribution >= 4 is 33.4 Å². The number of aliphatic hydroxyl groups is 1. The number of aromatic nitrogens is 2. The van der Waals surface area contributed by atoms with E-state index in [0.29, 0.717) is 18.3 Å². The predicted molar refractivity (Wildman–Crippen MR) is 82.7 cm³/mol. The maximum Gasteiger partial charge on any atom is 0.229 e. The van der Waals surface area contributed by atoms with Gasteiger partial charge in [0.1, 0.15) is 5.82 Å². The fraction of sp³-hybridized carbons (Fsp3) is 0.143. The maximum absolute atomic E-state index is 8.99. The summed E-state index contributed by atoms with van der Waals surface area (Å²) in [6, 6.07) is 7.37. The third-order valence-electron chi connectivity index (χ3n) is 2.49. The number of hydrogen-bond donors (Lipinski definition) is 3. The minimum absolute atomic E-state index is 0.0230. The van der Waals surface area contributed by atoms with Gasteiger partial charge in [0.15, 0.2) is 0 Å². The molecular weight excluding hydrogens is 320 g/mol. The average Bonchev–Trinajstić information content (AvgIpc) is 2.48. The minimum atomic E-state index is 0.0230. The fourth-order valence-corrected chi connectivity index (χ4v) is 1.84. The summed E-state index contributed by atoms with van der Waals surface area (Å²) in [4.78, 5) is 8.50. The van der Waals surface area contributed by atoms with Gasteiger partial charge in [-0.3, -0.25) is 0 Å². The summed E-state index contributed by atoms with van der Waals surface area (Å²) in [5, 5.41) is 15.1. The van der Waals surface area contributed by atoms with Crippen LogP contribution in [0.3, 0.4) is 0 Å². The Morgan fingerprint density at radius 1 is 1.30 bits per heavy atom. The summed E-state index contributed by atoms with van der Waals surface area (Å²) in [6.07, 6.45) is 6.86. The molecule has 1 aromatic heterocycles. The third-order valence-corrected chi connectivity index (χ3v) is 3.07. The Morgan fingerprint density at radius 3 is 2.70 bits per heavy atom. The van der Waals surface area contributed by atoms with Gasteiger partial charge in [0.05, 0.1) is 17.6 Å². The second-order valence-corrected chi connectivity index (χ2v) is 4.78. The molecule has 0 aliphatic rings. The van der Waals surface area contributed by atoms with Crippen LogP contribution in [0.15, 0.2) is 34.9 Å². The van der Waals surface area contributed by atoms with Crippen molar-refractivity contribution < 1.29 is 5.11 Å². The number of aliphatic hydroxyl groups excluding tert-OH is 1. The molecule has 0 radical (unpaired) electrons. The van der Waals surface area contributed by atoms with Gasteiger partial charge in [-0.1, -0.05) is 18.1 Å². The molecule has 0 saturated carbocycles. The van der Waals surface area contributed by atoms with Crippen LogP contribution >= 0.6 is 15.9 Å². The third kappa shape index (κ3) is 3.70. The molecule has 0 aliphatic heterocycles. The lowest BCUT2D eigenvalue weighted by atomic mass is 10.2. The highest BCUT2D eigenvalue weighted by molar-refractivity contribution is 9.10. The molecule has 0 spiro atoms. The summed E-state index contributed by atoms with van der Waals surface area (Å²) < 4.78 is 0.744. The van der Waals surface area contributed by atoms with E-state index in [1.54, 1.807) is 6.20 Å². The van der Waals surface area contributed by atoms with E-state index in [0.717, 1.165) is 15.7 Å². The Kier molecular flexibility index (Phi) is 4.93. The van der Waals surface area contributed by atoms with Crippen LogP contribution in [0.4, 0.5) is 17.5 Å². The first-order chi connectivity index (χ1) is 9.72. The monoisotopic (exact) mass is 332 g/mol. The van der Waals surface area contributed by atoms with Crippen LogP contribution in [0.2, 0.25) is 0 Å². The van der Waals surface area contributed by atoms with Gasteiger partial charge in [0.2, 0.25) is 5.95 Å². The number of nitrogens with one attached hydrogen (secondary N) is 2. The predicted octanol–water partition coefficient (Wildman–Crippen LogP) is 2.52. The second kappa shape index (κ2) is 6.89. The molecule has 102 valence electrons. The number of halogens is 1. The van der Waals surface area contributed by atoms with Crippen molar-refractivity contribution in [1.29, 1.82) is 0 Å². The number of terminal acetylenes is 1. The van der Waals surface area contributed by atoms with Crippen LogP contribution < -0.4 is 10.6 Å². The molecule has 0 unspecified atom stereocenters. The molecule has 0 aliphatic carbocycles. The van der Waals surface area contributed by atoms with Gasteiger partial charge < -0.3 is 15.7 Å². The van der Waals surface area contributed by atoms with Gasteiger partial charge in [-0.15, -0.1) is 6.42 Å². The molecule has 2 rings (SSSR count). The normalized spacial score (nSPS) is 9.85. The molecule has 0 amide bonds. The summed E-state index contributed by atoms with van der Waals surface area (Å²) in [7, 11) is 0. The zero-order valence-electron chi connectivity index (χ0n) is 10.6. The molecule has 2 aromatic rings. The van der Waals surface area contributed by atoms with Gasteiger partial charge in [-0.2, -0.15) is 4.98 Å². The van der Waals surface area contributed by atoms with Crippen molar-refractivity contribution in [2.45, 2.75) is 6.61 Å². The minimum Gasteiger partial charge on any atom is -0.392 e. The van der Waals surface area contributed by atoms with Gasteiger partial charge in [-0.05, 0) is 33.6 Å². The first kappa shape index (κ1) is 14.3. The number of nitrogens with zero attached hydrogens (tertiary/aromatic N) is 2. The first-order valence-corrected chi connectivity index (χ1v) is 6.69. The van der Waals surface area contributed by atoms with Gasteiger partial charge in [-0.25, -0.2) is 4.98 Å². The zero-order chi connectivity index (χ0) is 14.4. The molecular formula is C14H13BrN4O. The molecule has 20 heavy (non-hydrogen) atoms. The Hall–Kier alpha value is -2.10. The van der Waals surface area contributed by atoms with Crippen molar-refractivity contribution in [3.63, 3.8) is 0 Å². The molecule has 0 atom stereocenters. The molecule has 0 saturated heterocycles. The standard InChI is InChI=1S/C14H13BrN4O/c1-2-7-16-13-12(15)8-17-14(19-13)18-11-5-3-10(9-20)4-6-11/h1,3-6,8,20H,7,9H2,(H2,16,17,18,19). The highest BCUT2D eigenvalue weighted by Crippen LogP contribution is 2.21. The van der Waals surface area contributed by atoms with Crippen molar-refractivity contribution in [2.75, 3.05) is 17.2 Å². The summed E-state index contributed by atoms with van der Waals surface area (Å²) in [5.41, 5.74) is 1.69. The van der Waals surface area contributed by atoms with Crippen LogP contribution in [0.5, 0.6) is 0 Å². The van der Waals surface area contributed by atoms with Crippen molar-refractivity contribution in [3.05, 3.63) is 40.5 Å². The zero-order valence-corrected chi connectivity index (χ0v) is 12.2. The number of anilines is 3. The summed E-state index contributed by atoms with van der Waals surface area (Å²) >= 11 is 3.35. The summed E-state index contributed by atoms with van der Waals surface area (Å²) in [6.45, 7) is 0.412. The Bertz CT molecular complexity index is 622. The molecule has 6 heteroatoms. The number of rotatable bonds is 5. The van der Waals surface area contributed by atoms with E-state index in [1.165, 1.54) is 0 Å². The highest BCUT2D eigenvalue weighted by Gasteiger charge is 2.04. The second-order valence-electron chi connectivity index (χ2n) is 3.93. The van der Waals surface area contributed by atoms with E-state index < -0.39 is 0 Å². The first-order valence-electron chi connectivity index (χ1n) is 5.89. The largest absolute Gasteiger partial charge is 0.392 e. The van der Waals surface area contributed by atoms with Gasteiger partial charge >= 0.3 is 0 Å². The number of benzene rings is 1. The molecule has 1 aromatic carbocycles. The molecule has 3 N–H and O–H groups in total. The van der Waals surface area contributed by atoms with Crippen molar-refractivity contribution in [3.8, 4) is 12.3 Å². The average molecular weight is 333 g/mol. The maximum atomic E-state index is 8.99. The van der Waals surface area contributed by atoms with Crippen LogP contribution in [-0.2, 0) is 6.61 Å². The lowest BCUT2D eigenvalue weighted by Gasteiger charge is -2.09. The quantitative estimate of drug-likeness (QED) is 0.734. The lowest BCUT2D eigenvalue weighted by molar-refractivity contribution is 0.282.